The van der Waals surface area contributed by atoms with E-state index in [1.165, 1.54) is 4.88 Å². The third-order valence-electron chi connectivity index (χ3n) is 2.39. The average Bonchev–Trinajstić information content (AvgIpc) is 2.69. The molecule has 16 heavy (non-hydrogen) atoms. The summed E-state index contributed by atoms with van der Waals surface area (Å²) in [5.74, 6) is 0.106. The van der Waals surface area contributed by atoms with E-state index in [4.69, 9.17) is 0 Å². The van der Waals surface area contributed by atoms with E-state index in [9.17, 15) is 4.79 Å². The first-order chi connectivity index (χ1) is 7.63. The van der Waals surface area contributed by atoms with Crippen LogP contribution in [0.15, 0.2) is 17.5 Å². The number of rotatable bonds is 6. The third-order valence-corrected chi connectivity index (χ3v) is 3.45. The summed E-state index contributed by atoms with van der Waals surface area (Å²) in [5.41, 5.74) is 0. The topological polar surface area (TPSA) is 41.1 Å². The van der Waals surface area contributed by atoms with Gasteiger partial charge < -0.3 is 10.6 Å². The Kier molecular flexibility index (Phi) is 5.49. The Morgan fingerprint density at radius 3 is 2.81 bits per heavy atom. The van der Waals surface area contributed by atoms with E-state index >= 15 is 0 Å². The Morgan fingerprint density at radius 2 is 2.25 bits per heavy atom. The molecule has 2 N–H and O–H groups in total. The van der Waals surface area contributed by atoms with Crippen LogP contribution in [-0.4, -0.2) is 18.5 Å². The number of thiophene rings is 1. The Hall–Kier alpha value is -0.870. The molecule has 0 aliphatic rings. The van der Waals surface area contributed by atoms with Gasteiger partial charge in [-0.1, -0.05) is 13.0 Å². The molecule has 4 heteroatoms. The summed E-state index contributed by atoms with van der Waals surface area (Å²) in [6, 6.07) is 4.40. The zero-order valence-electron chi connectivity index (χ0n) is 10.1. The van der Waals surface area contributed by atoms with Gasteiger partial charge in [-0.3, -0.25) is 4.79 Å². The number of hydrogen-bond acceptors (Lipinski definition) is 3. The Bertz CT molecular complexity index is 311. The minimum Gasteiger partial charge on any atom is -0.349 e. The van der Waals surface area contributed by atoms with Crippen LogP contribution in [0.5, 0.6) is 0 Å². The monoisotopic (exact) mass is 240 g/mol. The van der Waals surface area contributed by atoms with Gasteiger partial charge in [0, 0.05) is 17.3 Å². The molecule has 90 valence electrons. The van der Waals surface area contributed by atoms with Crippen molar-refractivity contribution >= 4 is 17.2 Å². The van der Waals surface area contributed by atoms with E-state index in [0.717, 1.165) is 6.54 Å². The van der Waals surface area contributed by atoms with Crippen LogP contribution in [0.3, 0.4) is 0 Å². The van der Waals surface area contributed by atoms with Gasteiger partial charge >= 0.3 is 0 Å². The van der Waals surface area contributed by atoms with Crippen molar-refractivity contribution in [3.05, 3.63) is 22.4 Å². The van der Waals surface area contributed by atoms with Gasteiger partial charge in [0.05, 0.1) is 6.04 Å². The SMILES string of the molecule is CCNC(C)CC(=O)N[C@@H](C)c1cccs1. The predicted octanol–water partition coefficient (Wildman–Crippen LogP) is 2.31. The lowest BCUT2D eigenvalue weighted by molar-refractivity contribution is -0.122. The van der Waals surface area contributed by atoms with Crippen molar-refractivity contribution in [2.75, 3.05) is 6.54 Å². The molecule has 0 saturated carbocycles. The van der Waals surface area contributed by atoms with E-state index in [1.807, 2.05) is 38.3 Å². The second-order valence-electron chi connectivity index (χ2n) is 3.97. The van der Waals surface area contributed by atoms with E-state index < -0.39 is 0 Å². The van der Waals surface area contributed by atoms with Crippen molar-refractivity contribution in [2.45, 2.75) is 39.3 Å². The van der Waals surface area contributed by atoms with Crippen molar-refractivity contribution in [1.29, 1.82) is 0 Å². The lowest BCUT2D eigenvalue weighted by Gasteiger charge is -2.15. The van der Waals surface area contributed by atoms with Crippen LogP contribution in [0.25, 0.3) is 0 Å². The van der Waals surface area contributed by atoms with Crippen LogP contribution in [0.4, 0.5) is 0 Å². The second-order valence-corrected chi connectivity index (χ2v) is 4.95. The Balaban J connectivity index is 2.34. The van der Waals surface area contributed by atoms with Crippen molar-refractivity contribution in [1.82, 2.24) is 10.6 Å². The molecule has 0 aliphatic heterocycles. The summed E-state index contributed by atoms with van der Waals surface area (Å²) in [4.78, 5) is 12.9. The van der Waals surface area contributed by atoms with Gasteiger partial charge in [0.25, 0.3) is 0 Å². The van der Waals surface area contributed by atoms with Crippen LogP contribution in [-0.2, 0) is 4.79 Å². The molecule has 0 aromatic carbocycles. The molecule has 1 unspecified atom stereocenters. The van der Waals surface area contributed by atoms with Crippen LogP contribution in [0, 0.1) is 0 Å². The van der Waals surface area contributed by atoms with E-state index in [-0.39, 0.29) is 18.0 Å². The first kappa shape index (κ1) is 13.2. The van der Waals surface area contributed by atoms with Crippen LogP contribution in [0.1, 0.15) is 38.1 Å². The van der Waals surface area contributed by atoms with Crippen LogP contribution in [0.2, 0.25) is 0 Å². The maximum atomic E-state index is 11.7. The molecule has 0 bridgehead atoms. The van der Waals surface area contributed by atoms with Crippen molar-refractivity contribution in [2.24, 2.45) is 0 Å². The zero-order chi connectivity index (χ0) is 12.0. The van der Waals surface area contributed by atoms with Crippen LogP contribution < -0.4 is 10.6 Å². The molecule has 1 aromatic rings. The highest BCUT2D eigenvalue weighted by atomic mass is 32.1. The Morgan fingerprint density at radius 1 is 1.50 bits per heavy atom. The van der Waals surface area contributed by atoms with Gasteiger partial charge in [0.1, 0.15) is 0 Å². The van der Waals surface area contributed by atoms with Gasteiger partial charge in [-0.05, 0) is 31.8 Å². The number of amides is 1. The fraction of sp³-hybridized carbons (Fsp3) is 0.583. The molecule has 1 rings (SSSR count). The highest BCUT2D eigenvalue weighted by molar-refractivity contribution is 7.10. The fourth-order valence-corrected chi connectivity index (χ4v) is 2.34. The second kappa shape index (κ2) is 6.66. The average molecular weight is 240 g/mol. The normalized spacial score (nSPS) is 14.4. The molecule has 0 spiro atoms. The minimum atomic E-state index is 0.106. The molecule has 1 amide bonds. The lowest BCUT2D eigenvalue weighted by atomic mass is 10.2. The fourth-order valence-electron chi connectivity index (χ4n) is 1.61. The largest absolute Gasteiger partial charge is 0.349 e. The van der Waals surface area contributed by atoms with Crippen molar-refractivity contribution in [3.63, 3.8) is 0 Å². The van der Waals surface area contributed by atoms with E-state index in [2.05, 4.69) is 10.6 Å². The molecule has 0 saturated heterocycles. The summed E-state index contributed by atoms with van der Waals surface area (Å²) >= 11 is 1.67. The summed E-state index contributed by atoms with van der Waals surface area (Å²) in [6.07, 6.45) is 0.531. The highest BCUT2D eigenvalue weighted by Crippen LogP contribution is 2.18. The first-order valence-electron chi connectivity index (χ1n) is 5.69. The number of hydrogen-bond donors (Lipinski definition) is 2. The molecule has 1 aromatic heterocycles. The maximum Gasteiger partial charge on any atom is 0.222 e. The highest BCUT2D eigenvalue weighted by Gasteiger charge is 2.12. The van der Waals surface area contributed by atoms with Gasteiger partial charge in [-0.15, -0.1) is 11.3 Å². The molecule has 0 aliphatic carbocycles. The maximum absolute atomic E-state index is 11.7. The van der Waals surface area contributed by atoms with Gasteiger partial charge in [-0.2, -0.15) is 0 Å². The molecule has 1 heterocycles. The quantitative estimate of drug-likeness (QED) is 0.801. The van der Waals surface area contributed by atoms with Gasteiger partial charge in [0.2, 0.25) is 5.91 Å². The lowest BCUT2D eigenvalue weighted by Crippen LogP contribution is -2.34. The molecule has 2 atom stereocenters. The smallest absolute Gasteiger partial charge is 0.222 e. The van der Waals surface area contributed by atoms with Gasteiger partial charge in [0.15, 0.2) is 0 Å². The summed E-state index contributed by atoms with van der Waals surface area (Å²) in [6.45, 7) is 6.98. The number of carbonyl (C=O) groups is 1. The molecule has 0 fully saturated rings. The summed E-state index contributed by atoms with van der Waals surface area (Å²) in [7, 11) is 0. The van der Waals surface area contributed by atoms with E-state index in [0.29, 0.717) is 6.42 Å². The minimum absolute atomic E-state index is 0.106. The van der Waals surface area contributed by atoms with Crippen molar-refractivity contribution < 1.29 is 4.79 Å². The summed E-state index contributed by atoms with van der Waals surface area (Å²) < 4.78 is 0. The van der Waals surface area contributed by atoms with Gasteiger partial charge in [-0.25, -0.2) is 0 Å². The molecule has 0 radical (unpaired) electrons. The predicted molar refractivity (Wildman–Crippen MR) is 68.6 cm³/mol. The molecule has 3 nitrogen and oxygen atoms in total. The standard InChI is InChI=1S/C12H20N2OS/c1-4-13-9(2)8-12(15)14-10(3)11-6-5-7-16-11/h5-7,9-10,13H,4,8H2,1-3H3,(H,14,15)/t9?,10-/m0/s1. The first-order valence-corrected chi connectivity index (χ1v) is 6.57. The summed E-state index contributed by atoms with van der Waals surface area (Å²) in [5, 5.41) is 8.26. The zero-order valence-corrected chi connectivity index (χ0v) is 10.9. The van der Waals surface area contributed by atoms with Crippen LogP contribution >= 0.6 is 11.3 Å². The molecular formula is C12H20N2OS. The van der Waals surface area contributed by atoms with E-state index in [1.54, 1.807) is 11.3 Å². The molecular weight excluding hydrogens is 220 g/mol. The Labute approximate surface area is 101 Å². The third kappa shape index (κ3) is 4.33. The number of carbonyl (C=O) groups excluding carboxylic acids is 1. The number of nitrogens with one attached hydrogen (secondary N) is 2. The van der Waals surface area contributed by atoms with Crippen molar-refractivity contribution in [3.8, 4) is 0 Å².